The van der Waals surface area contributed by atoms with Crippen LogP contribution in [-0.2, 0) is 14.3 Å². The predicted molar refractivity (Wildman–Crippen MR) is 86.2 cm³/mol. The number of pyridine rings is 1. The predicted octanol–water partition coefficient (Wildman–Crippen LogP) is 2.60. The van der Waals surface area contributed by atoms with E-state index in [1.54, 1.807) is 12.0 Å². The largest absolute Gasteiger partial charge is 0.383 e. The molecule has 0 spiro atoms. The third kappa shape index (κ3) is 5.79. The van der Waals surface area contributed by atoms with Crippen LogP contribution in [0.25, 0.3) is 0 Å². The van der Waals surface area contributed by atoms with Crippen molar-refractivity contribution in [3.63, 3.8) is 0 Å². The normalized spacial score (nSPS) is 10.6. The molecule has 0 fully saturated rings. The van der Waals surface area contributed by atoms with E-state index >= 15 is 0 Å². The van der Waals surface area contributed by atoms with Gasteiger partial charge in [-0.05, 0) is 26.0 Å². The van der Waals surface area contributed by atoms with Gasteiger partial charge < -0.3 is 15.0 Å². The maximum Gasteiger partial charge on any atom is 0.233 e. The van der Waals surface area contributed by atoms with E-state index in [9.17, 15) is 9.59 Å². The molecular formula is C14H19Cl2N3O3. The summed E-state index contributed by atoms with van der Waals surface area (Å²) in [5, 5.41) is 2.85. The van der Waals surface area contributed by atoms with Crippen molar-refractivity contribution >= 4 is 40.7 Å². The summed E-state index contributed by atoms with van der Waals surface area (Å²) in [5.41, 5.74) is 0.317. The molecule has 8 heteroatoms. The molecule has 0 saturated carbocycles. The highest BCUT2D eigenvalue weighted by Gasteiger charge is 2.20. The Balaban J connectivity index is 2.64. The molecule has 22 heavy (non-hydrogen) atoms. The topological polar surface area (TPSA) is 71.5 Å². The Morgan fingerprint density at radius 2 is 2.05 bits per heavy atom. The average molecular weight is 348 g/mol. The lowest BCUT2D eigenvalue weighted by Gasteiger charge is -2.26. The molecule has 0 aliphatic heterocycles. The number of methoxy groups -OCH3 is 1. The molecule has 0 saturated heterocycles. The van der Waals surface area contributed by atoms with Gasteiger partial charge in [-0.2, -0.15) is 0 Å². The fourth-order valence-corrected chi connectivity index (χ4v) is 2.19. The van der Waals surface area contributed by atoms with Crippen LogP contribution in [0.4, 0.5) is 5.69 Å². The first kappa shape index (κ1) is 18.7. The molecule has 0 atom stereocenters. The van der Waals surface area contributed by atoms with Gasteiger partial charge in [0.1, 0.15) is 11.6 Å². The van der Waals surface area contributed by atoms with E-state index in [2.05, 4.69) is 10.3 Å². The number of aromatic nitrogens is 1. The average Bonchev–Trinajstić information content (AvgIpc) is 2.42. The molecule has 0 aliphatic carbocycles. The van der Waals surface area contributed by atoms with Crippen LogP contribution in [0.5, 0.6) is 0 Å². The van der Waals surface area contributed by atoms with Crippen LogP contribution in [0.2, 0.25) is 10.3 Å². The van der Waals surface area contributed by atoms with E-state index in [1.807, 2.05) is 13.8 Å². The summed E-state index contributed by atoms with van der Waals surface area (Å²) >= 11 is 11.6. The van der Waals surface area contributed by atoms with Crippen LogP contribution in [0.3, 0.4) is 0 Å². The molecule has 6 nitrogen and oxygen atoms in total. The van der Waals surface area contributed by atoms with Gasteiger partial charge in [0.2, 0.25) is 11.8 Å². The minimum absolute atomic E-state index is 0.0174. The van der Waals surface area contributed by atoms with Gasteiger partial charge in [-0.3, -0.25) is 9.59 Å². The van der Waals surface area contributed by atoms with E-state index in [-0.39, 0.29) is 28.7 Å². The monoisotopic (exact) mass is 347 g/mol. The van der Waals surface area contributed by atoms with Gasteiger partial charge in [0.05, 0.1) is 12.3 Å². The van der Waals surface area contributed by atoms with E-state index in [1.165, 1.54) is 12.1 Å². The minimum Gasteiger partial charge on any atom is -0.383 e. The van der Waals surface area contributed by atoms with Crippen molar-refractivity contribution in [2.24, 2.45) is 0 Å². The first-order chi connectivity index (χ1) is 10.3. The van der Waals surface area contributed by atoms with Gasteiger partial charge >= 0.3 is 0 Å². The van der Waals surface area contributed by atoms with Crippen LogP contribution in [0.15, 0.2) is 12.1 Å². The first-order valence-electron chi connectivity index (χ1n) is 6.75. The molecule has 0 radical (unpaired) electrons. The number of anilines is 1. The molecule has 1 rings (SSSR count). The second kappa shape index (κ2) is 8.92. The number of rotatable bonds is 7. The first-order valence-corrected chi connectivity index (χ1v) is 7.51. The lowest BCUT2D eigenvalue weighted by atomic mass is 10.2. The van der Waals surface area contributed by atoms with Crippen LogP contribution in [-0.4, -0.2) is 48.0 Å². The van der Waals surface area contributed by atoms with E-state index < -0.39 is 5.91 Å². The number of nitrogens with zero attached hydrogens (tertiary/aromatic N) is 2. The molecule has 1 heterocycles. The SMILES string of the molecule is COCCN(C(=O)CC(=O)Nc1ccc(Cl)nc1Cl)C(C)C. The number of ether oxygens (including phenoxy) is 1. The highest BCUT2D eigenvalue weighted by Crippen LogP contribution is 2.21. The van der Waals surface area contributed by atoms with Gasteiger partial charge in [-0.15, -0.1) is 0 Å². The Labute approximate surface area is 139 Å². The van der Waals surface area contributed by atoms with Crippen molar-refractivity contribution in [2.75, 3.05) is 25.6 Å². The van der Waals surface area contributed by atoms with Crippen molar-refractivity contribution in [1.82, 2.24) is 9.88 Å². The molecule has 0 unspecified atom stereocenters. The molecule has 1 aromatic rings. The molecular weight excluding hydrogens is 329 g/mol. The number of amides is 2. The Bertz CT molecular complexity index is 538. The fraction of sp³-hybridized carbons (Fsp3) is 0.500. The summed E-state index contributed by atoms with van der Waals surface area (Å²) in [4.78, 5) is 29.5. The van der Waals surface area contributed by atoms with Gasteiger partial charge in [-0.1, -0.05) is 23.2 Å². The van der Waals surface area contributed by atoms with Crippen molar-refractivity contribution in [3.8, 4) is 0 Å². The lowest BCUT2D eigenvalue weighted by molar-refractivity contribution is -0.136. The summed E-state index contributed by atoms with van der Waals surface area (Å²) in [7, 11) is 1.56. The third-order valence-electron chi connectivity index (χ3n) is 2.88. The lowest BCUT2D eigenvalue weighted by Crippen LogP contribution is -2.40. The number of halogens is 2. The number of nitrogens with one attached hydrogen (secondary N) is 1. The van der Waals surface area contributed by atoms with Crippen LogP contribution in [0, 0.1) is 0 Å². The Kier molecular flexibility index (Phi) is 7.58. The van der Waals surface area contributed by atoms with E-state index in [0.29, 0.717) is 18.8 Å². The minimum atomic E-state index is -0.459. The molecule has 122 valence electrons. The van der Waals surface area contributed by atoms with Gasteiger partial charge in [0.15, 0.2) is 5.15 Å². The zero-order chi connectivity index (χ0) is 16.7. The summed E-state index contributed by atoms with van der Waals surface area (Å²) in [6, 6.07) is 3.02. The van der Waals surface area contributed by atoms with Crippen LogP contribution >= 0.6 is 23.2 Å². The maximum atomic E-state index is 12.2. The summed E-state index contributed by atoms with van der Waals surface area (Å²) in [6.07, 6.45) is -0.277. The second-order valence-electron chi connectivity index (χ2n) is 4.87. The van der Waals surface area contributed by atoms with Crippen molar-refractivity contribution in [1.29, 1.82) is 0 Å². The number of carbonyl (C=O) groups is 2. The zero-order valence-electron chi connectivity index (χ0n) is 12.7. The summed E-state index contributed by atoms with van der Waals surface area (Å²) < 4.78 is 4.97. The third-order valence-corrected chi connectivity index (χ3v) is 3.38. The number of hydrogen-bond donors (Lipinski definition) is 1. The second-order valence-corrected chi connectivity index (χ2v) is 5.62. The highest BCUT2D eigenvalue weighted by atomic mass is 35.5. The summed E-state index contributed by atoms with van der Waals surface area (Å²) in [6.45, 7) is 4.61. The molecule has 0 bridgehead atoms. The molecule has 0 aromatic carbocycles. The van der Waals surface area contributed by atoms with Gasteiger partial charge in [-0.25, -0.2) is 4.98 Å². The van der Waals surface area contributed by atoms with Crippen molar-refractivity contribution in [2.45, 2.75) is 26.3 Å². The van der Waals surface area contributed by atoms with Crippen molar-refractivity contribution < 1.29 is 14.3 Å². The van der Waals surface area contributed by atoms with Crippen LogP contribution in [0.1, 0.15) is 20.3 Å². The van der Waals surface area contributed by atoms with Gasteiger partial charge in [0, 0.05) is 19.7 Å². The molecule has 2 amide bonds. The van der Waals surface area contributed by atoms with Gasteiger partial charge in [0.25, 0.3) is 0 Å². The molecule has 1 aromatic heterocycles. The Morgan fingerprint density at radius 1 is 1.36 bits per heavy atom. The fourth-order valence-electron chi connectivity index (χ4n) is 1.80. The van der Waals surface area contributed by atoms with Crippen molar-refractivity contribution in [3.05, 3.63) is 22.4 Å². The molecule has 0 aliphatic rings. The maximum absolute atomic E-state index is 12.2. The van der Waals surface area contributed by atoms with E-state index in [0.717, 1.165) is 0 Å². The molecule has 1 N–H and O–H groups in total. The highest BCUT2D eigenvalue weighted by molar-refractivity contribution is 6.34. The standard InChI is InChI=1S/C14H19Cl2N3O3/c1-9(2)19(6-7-22-3)13(21)8-12(20)17-10-4-5-11(15)18-14(10)16/h4-5,9H,6-8H2,1-3H3,(H,17,20). The number of hydrogen-bond acceptors (Lipinski definition) is 4. The Hall–Kier alpha value is -1.37. The van der Waals surface area contributed by atoms with E-state index in [4.69, 9.17) is 27.9 Å². The Morgan fingerprint density at radius 3 is 2.59 bits per heavy atom. The zero-order valence-corrected chi connectivity index (χ0v) is 14.2. The summed E-state index contributed by atoms with van der Waals surface area (Å²) in [5.74, 6) is -0.735. The smallest absolute Gasteiger partial charge is 0.233 e. The van der Waals surface area contributed by atoms with Crippen LogP contribution < -0.4 is 5.32 Å². The quantitative estimate of drug-likeness (QED) is 0.607. The number of carbonyl (C=O) groups excluding carboxylic acids is 2.